The van der Waals surface area contributed by atoms with E-state index >= 15 is 0 Å². The fraction of sp³-hybridized carbons (Fsp3) is 0.333. The smallest absolute Gasteiger partial charge is 0.264 e. The van der Waals surface area contributed by atoms with Crippen molar-refractivity contribution in [3.05, 3.63) is 90.0 Å². The minimum Gasteiger partial charge on any atom is -0.495 e. The molecule has 0 unspecified atom stereocenters. The molecule has 0 fully saturated rings. The van der Waals surface area contributed by atoms with Gasteiger partial charge >= 0.3 is 0 Å². The van der Waals surface area contributed by atoms with E-state index in [1.807, 2.05) is 51.1 Å². The van der Waals surface area contributed by atoms with E-state index in [2.05, 4.69) is 5.32 Å². The van der Waals surface area contributed by atoms with E-state index < -0.39 is 28.5 Å². The molecule has 0 bridgehead atoms. The lowest BCUT2D eigenvalue weighted by Crippen LogP contribution is -2.53. The van der Waals surface area contributed by atoms with Gasteiger partial charge in [-0.05, 0) is 56.5 Å². The fourth-order valence-electron chi connectivity index (χ4n) is 4.37. The minimum absolute atomic E-state index is 0.0541. The molecule has 3 aromatic rings. The number of benzene rings is 3. The van der Waals surface area contributed by atoms with Crippen LogP contribution < -0.4 is 14.4 Å². The van der Waals surface area contributed by atoms with Gasteiger partial charge in [-0.15, -0.1) is 0 Å². The Morgan fingerprint density at radius 3 is 2.18 bits per heavy atom. The third-order valence-electron chi connectivity index (χ3n) is 6.46. The van der Waals surface area contributed by atoms with E-state index in [1.165, 1.54) is 24.1 Å². The highest BCUT2D eigenvalue weighted by Gasteiger charge is 2.34. The first-order chi connectivity index (χ1) is 18.7. The molecule has 3 aromatic carbocycles. The summed E-state index contributed by atoms with van der Waals surface area (Å²) >= 11 is 0. The van der Waals surface area contributed by atoms with Crippen molar-refractivity contribution < 1.29 is 22.7 Å². The van der Waals surface area contributed by atoms with Crippen molar-refractivity contribution in [2.45, 2.75) is 44.6 Å². The number of para-hydroxylation sites is 2. The number of nitrogens with one attached hydrogen (secondary N) is 1. The molecule has 1 N–H and O–H groups in total. The molecule has 0 aromatic heterocycles. The SMILES string of the molecule is CCNC(=O)[C@@H](CC)N(CCc1ccccc1)C(=O)CN(c1ccccc1OC)S(=O)(=O)c1ccc(C)cc1. The van der Waals surface area contributed by atoms with Crippen molar-refractivity contribution >= 4 is 27.5 Å². The second-order valence-electron chi connectivity index (χ2n) is 9.14. The maximum absolute atomic E-state index is 14.0. The number of methoxy groups -OCH3 is 1. The largest absolute Gasteiger partial charge is 0.495 e. The van der Waals surface area contributed by atoms with E-state index in [0.717, 1.165) is 15.4 Å². The zero-order valence-electron chi connectivity index (χ0n) is 23.0. The summed E-state index contributed by atoms with van der Waals surface area (Å²) in [5.41, 5.74) is 2.16. The van der Waals surface area contributed by atoms with Crippen LogP contribution in [0.4, 0.5) is 5.69 Å². The highest BCUT2D eigenvalue weighted by atomic mass is 32.2. The van der Waals surface area contributed by atoms with Crippen LogP contribution >= 0.6 is 0 Å². The Labute approximate surface area is 231 Å². The topological polar surface area (TPSA) is 96.0 Å². The van der Waals surface area contributed by atoms with Crippen LogP contribution in [-0.2, 0) is 26.0 Å². The Morgan fingerprint density at radius 2 is 1.56 bits per heavy atom. The second-order valence-corrected chi connectivity index (χ2v) is 11.0. The Balaban J connectivity index is 2.04. The summed E-state index contributed by atoms with van der Waals surface area (Å²) in [6, 6.07) is 22.1. The number of rotatable bonds is 13. The number of amides is 2. The Bertz CT molecular complexity index is 1340. The molecule has 0 saturated carbocycles. The van der Waals surface area contributed by atoms with Crippen molar-refractivity contribution in [3.63, 3.8) is 0 Å². The van der Waals surface area contributed by atoms with Crippen LogP contribution in [-0.4, -0.2) is 57.9 Å². The van der Waals surface area contributed by atoms with Crippen molar-refractivity contribution in [2.24, 2.45) is 0 Å². The maximum Gasteiger partial charge on any atom is 0.264 e. The van der Waals surface area contributed by atoms with Crippen LogP contribution in [0.5, 0.6) is 5.75 Å². The van der Waals surface area contributed by atoms with Crippen LogP contribution in [0.15, 0.2) is 83.8 Å². The number of hydrogen-bond donors (Lipinski definition) is 1. The first-order valence-corrected chi connectivity index (χ1v) is 14.5. The average Bonchev–Trinajstić information content (AvgIpc) is 2.94. The second kappa shape index (κ2) is 13.8. The van der Waals surface area contributed by atoms with Gasteiger partial charge in [0.15, 0.2) is 0 Å². The van der Waals surface area contributed by atoms with Gasteiger partial charge in [-0.3, -0.25) is 13.9 Å². The predicted octanol–water partition coefficient (Wildman–Crippen LogP) is 4.18. The molecule has 0 aliphatic rings. The van der Waals surface area contributed by atoms with Crippen LogP contribution in [0, 0.1) is 6.92 Å². The van der Waals surface area contributed by atoms with Gasteiger partial charge in [0, 0.05) is 13.1 Å². The molecule has 0 radical (unpaired) electrons. The molecule has 39 heavy (non-hydrogen) atoms. The third-order valence-corrected chi connectivity index (χ3v) is 8.24. The lowest BCUT2D eigenvalue weighted by Gasteiger charge is -2.33. The monoisotopic (exact) mass is 551 g/mol. The highest BCUT2D eigenvalue weighted by Crippen LogP contribution is 2.32. The van der Waals surface area contributed by atoms with E-state index in [4.69, 9.17) is 4.74 Å². The molecule has 208 valence electrons. The first kappa shape index (κ1) is 29.7. The maximum atomic E-state index is 14.0. The molecular formula is C30H37N3O5S. The lowest BCUT2D eigenvalue weighted by atomic mass is 10.1. The van der Waals surface area contributed by atoms with E-state index in [9.17, 15) is 18.0 Å². The summed E-state index contributed by atoms with van der Waals surface area (Å²) in [6.07, 6.45) is 0.896. The standard InChI is InChI=1S/C30H37N3O5S/c1-5-26(30(35)31-6-2)32(21-20-24-12-8-7-9-13-24)29(34)22-33(27-14-10-11-15-28(27)38-4)39(36,37)25-18-16-23(3)17-19-25/h7-19,26H,5-6,20-22H2,1-4H3,(H,31,35)/t26-/m1/s1. The lowest BCUT2D eigenvalue weighted by molar-refractivity contribution is -0.139. The number of anilines is 1. The van der Waals surface area contributed by atoms with E-state index in [0.29, 0.717) is 25.1 Å². The minimum atomic E-state index is -4.16. The van der Waals surface area contributed by atoms with Gasteiger partial charge in [-0.25, -0.2) is 8.42 Å². The summed E-state index contributed by atoms with van der Waals surface area (Å²) in [4.78, 5) is 28.5. The molecule has 0 spiro atoms. The number of hydrogen-bond acceptors (Lipinski definition) is 5. The molecule has 1 atom stereocenters. The van der Waals surface area contributed by atoms with Crippen molar-refractivity contribution in [2.75, 3.05) is 31.0 Å². The molecule has 2 amide bonds. The number of carbonyl (C=O) groups excluding carboxylic acids is 2. The number of ether oxygens (including phenoxy) is 1. The molecule has 0 heterocycles. The molecule has 8 nitrogen and oxygen atoms in total. The van der Waals surface area contributed by atoms with Crippen molar-refractivity contribution in [1.82, 2.24) is 10.2 Å². The van der Waals surface area contributed by atoms with Crippen LogP contribution in [0.1, 0.15) is 31.4 Å². The van der Waals surface area contributed by atoms with Gasteiger partial charge in [0.2, 0.25) is 11.8 Å². The molecule has 0 aliphatic heterocycles. The average molecular weight is 552 g/mol. The predicted molar refractivity (Wildman–Crippen MR) is 153 cm³/mol. The molecule has 0 saturated heterocycles. The summed E-state index contributed by atoms with van der Waals surface area (Å²) < 4.78 is 34.4. The summed E-state index contributed by atoms with van der Waals surface area (Å²) in [6.45, 7) is 5.70. The Morgan fingerprint density at radius 1 is 0.923 bits per heavy atom. The van der Waals surface area contributed by atoms with Crippen molar-refractivity contribution in [1.29, 1.82) is 0 Å². The van der Waals surface area contributed by atoms with Gasteiger partial charge in [0.05, 0.1) is 17.7 Å². The van der Waals surface area contributed by atoms with Crippen LogP contribution in [0.2, 0.25) is 0 Å². The zero-order valence-corrected chi connectivity index (χ0v) is 23.8. The first-order valence-electron chi connectivity index (χ1n) is 13.1. The molecular weight excluding hydrogens is 514 g/mol. The van der Waals surface area contributed by atoms with Crippen molar-refractivity contribution in [3.8, 4) is 5.75 Å². The van der Waals surface area contributed by atoms with E-state index in [1.54, 1.807) is 36.4 Å². The number of aryl methyl sites for hydroxylation is 1. The van der Waals surface area contributed by atoms with E-state index in [-0.39, 0.29) is 23.0 Å². The summed E-state index contributed by atoms with van der Waals surface area (Å²) in [5, 5.41) is 2.81. The quantitative estimate of drug-likeness (QED) is 0.344. The molecule has 0 aliphatic carbocycles. The summed E-state index contributed by atoms with van der Waals surface area (Å²) in [5.74, 6) is -0.440. The molecule has 9 heteroatoms. The van der Waals surface area contributed by atoms with Crippen LogP contribution in [0.3, 0.4) is 0 Å². The number of carbonyl (C=O) groups is 2. The van der Waals surface area contributed by atoms with Gasteiger partial charge in [0.25, 0.3) is 10.0 Å². The number of likely N-dealkylation sites (N-methyl/N-ethyl adjacent to an activating group) is 1. The third kappa shape index (κ3) is 7.38. The highest BCUT2D eigenvalue weighted by molar-refractivity contribution is 7.92. The normalized spacial score (nSPS) is 11.9. The fourth-order valence-corrected chi connectivity index (χ4v) is 5.80. The Kier molecular flexibility index (Phi) is 10.5. The van der Waals surface area contributed by atoms with Gasteiger partial charge in [-0.2, -0.15) is 0 Å². The summed E-state index contributed by atoms with van der Waals surface area (Å²) in [7, 11) is -2.71. The number of sulfonamides is 1. The van der Waals surface area contributed by atoms with Gasteiger partial charge in [-0.1, -0.05) is 67.1 Å². The number of nitrogens with zero attached hydrogens (tertiary/aromatic N) is 2. The van der Waals surface area contributed by atoms with Crippen LogP contribution in [0.25, 0.3) is 0 Å². The Hall–Kier alpha value is -3.85. The van der Waals surface area contributed by atoms with Gasteiger partial charge in [0.1, 0.15) is 18.3 Å². The molecule has 3 rings (SSSR count). The van der Waals surface area contributed by atoms with Gasteiger partial charge < -0.3 is 15.0 Å². The zero-order chi connectivity index (χ0) is 28.4.